The number of nitrogens with zero attached hydrogens (tertiary/aromatic N) is 2. The SMILES string of the molecule is CSc1nccc(-c2cc(Cl)c3c(c2)CC(CNC(=O)C2CCOC(C)(C)C2)O3)n1. The summed E-state index contributed by atoms with van der Waals surface area (Å²) in [6.45, 7) is 5.14. The van der Waals surface area contributed by atoms with Gasteiger partial charge in [-0.15, -0.1) is 0 Å². The molecular formula is C22H26ClN3O3S. The highest BCUT2D eigenvalue weighted by molar-refractivity contribution is 7.98. The first kappa shape index (κ1) is 21.4. The first-order valence-corrected chi connectivity index (χ1v) is 11.7. The first-order chi connectivity index (χ1) is 14.3. The molecule has 1 saturated heterocycles. The standard InChI is InChI=1S/C22H26ClN3O3S/c1-22(2)11-13(5-7-28-22)20(27)25-12-16-9-15-8-14(10-17(23)19(15)29-16)18-4-6-24-21(26-18)30-3/h4,6,8,10,13,16H,5,7,9,11-12H2,1-3H3,(H,25,27). The zero-order chi connectivity index (χ0) is 21.3. The summed E-state index contributed by atoms with van der Waals surface area (Å²) in [5.41, 5.74) is 2.56. The van der Waals surface area contributed by atoms with E-state index in [0.717, 1.165) is 34.8 Å². The van der Waals surface area contributed by atoms with Crippen molar-refractivity contribution in [3.8, 4) is 17.0 Å². The normalized spacial score (nSPS) is 22.3. The van der Waals surface area contributed by atoms with Crippen LogP contribution in [0.15, 0.2) is 29.6 Å². The molecule has 0 bridgehead atoms. The number of rotatable bonds is 5. The maximum Gasteiger partial charge on any atom is 0.223 e. The topological polar surface area (TPSA) is 73.3 Å². The molecule has 1 fully saturated rings. The number of nitrogens with one attached hydrogen (secondary N) is 1. The van der Waals surface area contributed by atoms with E-state index in [2.05, 4.69) is 21.4 Å². The van der Waals surface area contributed by atoms with Crippen LogP contribution < -0.4 is 10.1 Å². The summed E-state index contributed by atoms with van der Waals surface area (Å²) in [6, 6.07) is 5.81. The van der Waals surface area contributed by atoms with E-state index < -0.39 is 0 Å². The highest BCUT2D eigenvalue weighted by Gasteiger charge is 2.33. The van der Waals surface area contributed by atoms with E-state index in [0.29, 0.717) is 30.3 Å². The molecule has 2 aromatic rings. The molecule has 160 valence electrons. The number of hydrogen-bond donors (Lipinski definition) is 1. The molecule has 4 rings (SSSR count). The Balaban J connectivity index is 1.41. The Morgan fingerprint density at radius 3 is 3.00 bits per heavy atom. The summed E-state index contributed by atoms with van der Waals surface area (Å²) >= 11 is 8.01. The Hall–Kier alpha value is -1.83. The minimum absolute atomic E-state index is 0.0175. The fraction of sp³-hybridized carbons (Fsp3) is 0.500. The highest BCUT2D eigenvalue weighted by Crippen LogP contribution is 2.39. The lowest BCUT2D eigenvalue weighted by Crippen LogP contribution is -2.43. The largest absolute Gasteiger partial charge is 0.486 e. The molecule has 30 heavy (non-hydrogen) atoms. The number of fused-ring (bicyclic) bond motifs is 1. The molecule has 2 atom stereocenters. The Morgan fingerprint density at radius 1 is 1.40 bits per heavy atom. The molecule has 3 heterocycles. The van der Waals surface area contributed by atoms with Crippen molar-refractivity contribution in [3.63, 3.8) is 0 Å². The van der Waals surface area contributed by atoms with Gasteiger partial charge >= 0.3 is 0 Å². The van der Waals surface area contributed by atoms with Crippen LogP contribution in [-0.4, -0.2) is 47.0 Å². The molecule has 1 amide bonds. The van der Waals surface area contributed by atoms with Crippen LogP contribution in [0.3, 0.4) is 0 Å². The van der Waals surface area contributed by atoms with Gasteiger partial charge in [0.2, 0.25) is 5.91 Å². The lowest BCUT2D eigenvalue weighted by molar-refractivity contribution is -0.135. The third-order valence-corrected chi connectivity index (χ3v) is 6.38. The number of hydrogen-bond acceptors (Lipinski definition) is 6. The molecule has 1 aromatic heterocycles. The lowest BCUT2D eigenvalue weighted by atomic mass is 9.88. The summed E-state index contributed by atoms with van der Waals surface area (Å²) in [6.07, 6.45) is 5.76. The van der Waals surface area contributed by atoms with E-state index in [4.69, 9.17) is 21.1 Å². The van der Waals surface area contributed by atoms with Crippen LogP contribution in [0.2, 0.25) is 5.02 Å². The summed E-state index contributed by atoms with van der Waals surface area (Å²) in [5.74, 6) is 0.755. The average molecular weight is 448 g/mol. The van der Waals surface area contributed by atoms with Gasteiger partial charge in [-0.05, 0) is 51.1 Å². The number of carbonyl (C=O) groups is 1. The molecule has 0 radical (unpaired) electrons. The van der Waals surface area contributed by atoms with Gasteiger partial charge in [-0.2, -0.15) is 0 Å². The van der Waals surface area contributed by atoms with Crippen molar-refractivity contribution in [1.29, 1.82) is 0 Å². The number of thioether (sulfide) groups is 1. The van der Waals surface area contributed by atoms with Crippen LogP contribution in [0.5, 0.6) is 5.75 Å². The van der Waals surface area contributed by atoms with Crippen molar-refractivity contribution < 1.29 is 14.3 Å². The minimum atomic E-state index is -0.249. The fourth-order valence-electron chi connectivity index (χ4n) is 4.06. The van der Waals surface area contributed by atoms with Crippen LogP contribution >= 0.6 is 23.4 Å². The monoisotopic (exact) mass is 447 g/mol. The molecule has 2 unspecified atom stereocenters. The van der Waals surface area contributed by atoms with Gasteiger partial charge in [0.05, 0.1) is 22.9 Å². The first-order valence-electron chi connectivity index (χ1n) is 10.1. The Kier molecular flexibility index (Phi) is 6.23. The van der Waals surface area contributed by atoms with E-state index in [1.165, 1.54) is 11.8 Å². The zero-order valence-electron chi connectivity index (χ0n) is 17.4. The van der Waals surface area contributed by atoms with Crippen molar-refractivity contribution >= 4 is 29.3 Å². The van der Waals surface area contributed by atoms with E-state index in [-0.39, 0.29) is 23.5 Å². The number of ether oxygens (including phenoxy) is 2. The Bertz CT molecular complexity index is 953. The molecule has 1 N–H and O–H groups in total. The average Bonchev–Trinajstić information content (AvgIpc) is 3.15. The number of amides is 1. The molecule has 0 spiro atoms. The molecule has 0 aliphatic carbocycles. The van der Waals surface area contributed by atoms with Crippen molar-refractivity contribution in [3.05, 3.63) is 35.0 Å². The van der Waals surface area contributed by atoms with Crippen LogP contribution in [0.25, 0.3) is 11.3 Å². The third-order valence-electron chi connectivity index (χ3n) is 5.54. The molecule has 1 aromatic carbocycles. The number of benzene rings is 1. The van der Waals surface area contributed by atoms with Gasteiger partial charge in [-0.3, -0.25) is 4.79 Å². The lowest BCUT2D eigenvalue weighted by Gasteiger charge is -2.34. The summed E-state index contributed by atoms with van der Waals surface area (Å²) < 4.78 is 11.8. The molecule has 6 nitrogen and oxygen atoms in total. The second kappa shape index (κ2) is 8.73. The molecule has 0 saturated carbocycles. The van der Waals surface area contributed by atoms with Gasteiger partial charge in [0.15, 0.2) is 5.16 Å². The van der Waals surface area contributed by atoms with Gasteiger partial charge in [0.25, 0.3) is 0 Å². The van der Waals surface area contributed by atoms with Gasteiger partial charge in [0, 0.05) is 36.3 Å². The summed E-state index contributed by atoms with van der Waals surface area (Å²) in [4.78, 5) is 21.4. The van der Waals surface area contributed by atoms with Gasteiger partial charge in [-0.1, -0.05) is 23.4 Å². The number of aromatic nitrogens is 2. The van der Waals surface area contributed by atoms with Gasteiger partial charge < -0.3 is 14.8 Å². The number of halogens is 1. The highest BCUT2D eigenvalue weighted by atomic mass is 35.5. The van der Waals surface area contributed by atoms with E-state index in [1.807, 2.05) is 32.2 Å². The number of carbonyl (C=O) groups excluding carboxylic acids is 1. The Morgan fingerprint density at radius 2 is 2.23 bits per heavy atom. The third kappa shape index (κ3) is 4.74. The quantitative estimate of drug-likeness (QED) is 0.548. The maximum absolute atomic E-state index is 12.6. The molecule has 8 heteroatoms. The fourth-order valence-corrected chi connectivity index (χ4v) is 4.70. The van der Waals surface area contributed by atoms with Crippen molar-refractivity contribution in [2.24, 2.45) is 5.92 Å². The molecule has 2 aliphatic rings. The van der Waals surface area contributed by atoms with Gasteiger partial charge in [-0.25, -0.2) is 9.97 Å². The summed E-state index contributed by atoms with van der Waals surface area (Å²) in [5, 5.41) is 4.34. The van der Waals surface area contributed by atoms with Crippen LogP contribution in [-0.2, 0) is 16.0 Å². The zero-order valence-corrected chi connectivity index (χ0v) is 19.0. The Labute approximate surface area is 186 Å². The second-order valence-corrected chi connectivity index (χ2v) is 9.54. The minimum Gasteiger partial charge on any atom is -0.486 e. The van der Waals surface area contributed by atoms with E-state index in [9.17, 15) is 4.79 Å². The van der Waals surface area contributed by atoms with Crippen molar-refractivity contribution in [2.75, 3.05) is 19.4 Å². The van der Waals surface area contributed by atoms with Crippen molar-refractivity contribution in [2.45, 2.75) is 50.0 Å². The smallest absolute Gasteiger partial charge is 0.223 e. The predicted octanol–water partition coefficient (Wildman–Crippen LogP) is 4.14. The van der Waals surface area contributed by atoms with Crippen LogP contribution in [0.1, 0.15) is 32.3 Å². The van der Waals surface area contributed by atoms with Crippen LogP contribution in [0, 0.1) is 5.92 Å². The molecular weight excluding hydrogens is 422 g/mol. The van der Waals surface area contributed by atoms with Crippen molar-refractivity contribution in [1.82, 2.24) is 15.3 Å². The maximum atomic E-state index is 12.6. The second-order valence-electron chi connectivity index (χ2n) is 8.36. The van der Waals surface area contributed by atoms with Crippen LogP contribution in [0.4, 0.5) is 0 Å². The predicted molar refractivity (Wildman–Crippen MR) is 118 cm³/mol. The summed E-state index contributed by atoms with van der Waals surface area (Å²) in [7, 11) is 0. The van der Waals surface area contributed by atoms with E-state index >= 15 is 0 Å². The molecule has 2 aliphatic heterocycles. The van der Waals surface area contributed by atoms with E-state index in [1.54, 1.807) is 6.20 Å². The van der Waals surface area contributed by atoms with Gasteiger partial charge in [0.1, 0.15) is 11.9 Å².